The van der Waals surface area contributed by atoms with E-state index in [1.165, 1.54) is 51.5 Å². The lowest BCUT2D eigenvalue weighted by molar-refractivity contribution is 0.118. The summed E-state index contributed by atoms with van der Waals surface area (Å²) in [6.45, 7) is 1.27. The standard InChI is InChI=1S/C48H41NO/c1-49-17-45-14-19-3-4-20-15-46-27-12-11-26-25-13-24-23-10-7-21-16-47(45,44(49)18-5-8-22(50-2)9-6-18)42-30(21)31(23)34-32(24)33(25)43(48(26,27)46)37-35(34)36(42)38-39(37)41(46)29(20)28(19)40(38)45/h5-6,8-9,11-13,19,21,23-24,26-28,30-33,44H,3-4,7,10,14-17H2,1-2H3/t19?,21?,23-,24?,26?,27?,28?,30?,31?,32?,33?,44?,45?,46?,47?,48?/m0/s1. The maximum atomic E-state index is 5.76. The third-order valence-corrected chi connectivity index (χ3v) is 21.1. The highest BCUT2D eigenvalue weighted by Crippen LogP contribution is 2.99. The van der Waals surface area contributed by atoms with Crippen LogP contribution < -0.4 is 4.74 Å². The molecule has 1 aliphatic heterocycles. The summed E-state index contributed by atoms with van der Waals surface area (Å²) in [5.74, 6) is 9.77. The predicted molar refractivity (Wildman–Crippen MR) is 188 cm³/mol. The smallest absolute Gasteiger partial charge is 0.118 e. The van der Waals surface area contributed by atoms with Crippen LogP contribution in [0.2, 0.25) is 0 Å². The largest absolute Gasteiger partial charge is 0.497 e. The maximum Gasteiger partial charge on any atom is 0.118 e. The van der Waals surface area contributed by atoms with Crippen molar-refractivity contribution in [3.8, 4) is 5.75 Å². The molecule has 4 spiro atoms. The minimum atomic E-state index is 0.227. The van der Waals surface area contributed by atoms with Gasteiger partial charge in [-0.3, -0.25) is 4.90 Å². The van der Waals surface area contributed by atoms with Crippen LogP contribution in [0.4, 0.5) is 0 Å². The molecule has 7 saturated carbocycles. The van der Waals surface area contributed by atoms with Gasteiger partial charge < -0.3 is 4.74 Å². The van der Waals surface area contributed by atoms with Gasteiger partial charge in [0.15, 0.2) is 0 Å². The van der Waals surface area contributed by atoms with Gasteiger partial charge in [0.2, 0.25) is 0 Å². The van der Waals surface area contributed by atoms with E-state index in [1.54, 1.807) is 5.56 Å². The number of nitrogens with zero attached hydrogens (tertiary/aromatic N) is 1. The van der Waals surface area contributed by atoms with E-state index in [2.05, 4.69) is 71.2 Å². The second-order valence-electron chi connectivity index (χ2n) is 21.0. The lowest BCUT2D eigenvalue weighted by Crippen LogP contribution is -2.47. The van der Waals surface area contributed by atoms with Crippen LogP contribution in [-0.2, 0) is 0 Å². The lowest BCUT2D eigenvalue weighted by atomic mass is 9.48. The monoisotopic (exact) mass is 647 g/mol. The first-order valence-electron chi connectivity index (χ1n) is 20.8. The number of hydrogen-bond donors (Lipinski definition) is 0. The van der Waals surface area contributed by atoms with Crippen LogP contribution in [0.15, 0.2) is 115 Å². The van der Waals surface area contributed by atoms with Crippen molar-refractivity contribution in [2.75, 3.05) is 20.7 Å². The molecule has 0 N–H and O–H groups in total. The highest BCUT2D eigenvalue weighted by Gasteiger charge is 2.92. The average Bonchev–Trinajstić information content (AvgIpc) is 3.92. The Morgan fingerprint density at radius 1 is 0.800 bits per heavy atom. The van der Waals surface area contributed by atoms with E-state index in [0.29, 0.717) is 28.7 Å². The number of benzene rings is 1. The van der Waals surface area contributed by atoms with Gasteiger partial charge in [0, 0.05) is 52.0 Å². The Morgan fingerprint density at radius 3 is 2.58 bits per heavy atom. The molecule has 8 fully saturated rings. The van der Waals surface area contributed by atoms with Gasteiger partial charge in [-0.1, -0.05) is 47.1 Å². The van der Waals surface area contributed by atoms with Crippen molar-refractivity contribution < 1.29 is 4.74 Å². The highest BCUT2D eigenvalue weighted by atomic mass is 16.5. The number of allylic oxidation sites excluding steroid dienone is 14. The van der Waals surface area contributed by atoms with Crippen LogP contribution >= 0.6 is 0 Å². The van der Waals surface area contributed by atoms with Gasteiger partial charge >= 0.3 is 0 Å². The fourth-order valence-corrected chi connectivity index (χ4v) is 21.2. The van der Waals surface area contributed by atoms with Gasteiger partial charge in [-0.25, -0.2) is 0 Å². The number of ether oxygens (including phenoxy) is 1. The molecular weight excluding hydrogens is 607 g/mol. The number of fused-ring (bicyclic) bond motifs is 2. The Hall–Kier alpha value is -3.10. The second-order valence-corrected chi connectivity index (χ2v) is 21.0. The SMILES string of the molecule is COc1ccc(C2N(C)CC34CC5CCC6=C7C8=C9C(=C3C75)C3=C5C7C(CC[C@H]%10C%11C=C%12C%13C(=C9C3=C(C%13%11)C7%10)C37C%12C=CC3C87C6)CC524)cc1. The molecule has 1 aromatic carbocycles. The quantitative estimate of drug-likeness (QED) is 0.298. The third-order valence-electron chi connectivity index (χ3n) is 21.1. The lowest BCUT2D eigenvalue weighted by Gasteiger charge is -2.54. The minimum Gasteiger partial charge on any atom is -0.497 e. The molecule has 0 radical (unpaired) electrons. The Morgan fingerprint density at radius 2 is 1.68 bits per heavy atom. The van der Waals surface area contributed by atoms with Crippen LogP contribution in [0.3, 0.4) is 0 Å². The molecule has 244 valence electrons. The van der Waals surface area contributed by atoms with Crippen LogP contribution in [0.25, 0.3) is 0 Å². The fourth-order valence-electron chi connectivity index (χ4n) is 21.2. The van der Waals surface area contributed by atoms with Gasteiger partial charge in [0.05, 0.1) is 7.11 Å². The topological polar surface area (TPSA) is 12.5 Å². The van der Waals surface area contributed by atoms with Crippen molar-refractivity contribution in [3.63, 3.8) is 0 Å². The summed E-state index contributed by atoms with van der Waals surface area (Å²) in [7, 11) is 4.39. The average molecular weight is 648 g/mol. The van der Waals surface area contributed by atoms with Gasteiger partial charge in [0.25, 0.3) is 0 Å². The zero-order valence-electron chi connectivity index (χ0n) is 29.0. The Bertz CT molecular complexity index is 2490. The molecule has 1 aromatic rings. The third kappa shape index (κ3) is 1.67. The van der Waals surface area contributed by atoms with Crippen molar-refractivity contribution in [1.29, 1.82) is 0 Å². The van der Waals surface area contributed by atoms with E-state index in [4.69, 9.17) is 4.74 Å². The predicted octanol–water partition coefficient (Wildman–Crippen LogP) is 8.62. The summed E-state index contributed by atoms with van der Waals surface area (Å²) in [4.78, 5) is 2.93. The summed E-state index contributed by atoms with van der Waals surface area (Å²) in [6, 6.07) is 10.0. The summed E-state index contributed by atoms with van der Waals surface area (Å²) < 4.78 is 5.76. The number of likely N-dealkylation sites (tertiary alicyclic amines) is 1. The first-order valence-corrected chi connectivity index (χ1v) is 20.8. The first kappa shape index (κ1) is 24.2. The molecule has 50 heavy (non-hydrogen) atoms. The Balaban J connectivity index is 1.07. The van der Waals surface area contributed by atoms with E-state index >= 15 is 0 Å². The van der Waals surface area contributed by atoms with Crippen LogP contribution in [0.5, 0.6) is 5.75 Å². The molecule has 16 aliphatic carbocycles. The molecule has 16 atom stereocenters. The molecule has 0 bridgehead atoms. The Labute approximate surface area is 293 Å². The number of rotatable bonds is 2. The van der Waals surface area contributed by atoms with Crippen LogP contribution in [-0.4, -0.2) is 25.6 Å². The molecule has 18 rings (SSSR count). The van der Waals surface area contributed by atoms with Gasteiger partial charge in [-0.15, -0.1) is 0 Å². The van der Waals surface area contributed by atoms with E-state index in [0.717, 1.165) is 59.0 Å². The molecule has 2 nitrogen and oxygen atoms in total. The van der Waals surface area contributed by atoms with Gasteiger partial charge in [-0.2, -0.15) is 0 Å². The fraction of sp³-hybridized carbons (Fsp3) is 0.542. The number of hydrogen-bond acceptors (Lipinski definition) is 2. The van der Waals surface area contributed by atoms with E-state index < -0.39 is 0 Å². The molecular formula is C48H41NO. The molecule has 0 aromatic heterocycles. The minimum absolute atomic E-state index is 0.227. The maximum absolute atomic E-state index is 5.76. The Kier molecular flexibility index (Phi) is 3.06. The molecule has 1 saturated heterocycles. The summed E-state index contributed by atoms with van der Waals surface area (Å²) in [6.07, 6.45) is 18.8. The van der Waals surface area contributed by atoms with Crippen molar-refractivity contribution in [2.24, 2.45) is 86.8 Å². The molecule has 17 aliphatic rings. The summed E-state index contributed by atoms with van der Waals surface area (Å²) >= 11 is 0. The van der Waals surface area contributed by atoms with Crippen molar-refractivity contribution in [3.05, 3.63) is 121 Å². The zero-order chi connectivity index (χ0) is 31.5. The van der Waals surface area contributed by atoms with Gasteiger partial charge in [-0.05, 0) is 173 Å². The zero-order valence-corrected chi connectivity index (χ0v) is 29.0. The first-order chi connectivity index (χ1) is 24.6. The second kappa shape index (κ2) is 6.33. The molecule has 15 unspecified atom stereocenters. The van der Waals surface area contributed by atoms with Crippen molar-refractivity contribution in [1.82, 2.24) is 4.90 Å². The van der Waals surface area contributed by atoms with Gasteiger partial charge in [0.1, 0.15) is 5.75 Å². The van der Waals surface area contributed by atoms with Crippen LogP contribution in [0.1, 0.15) is 56.6 Å². The normalized spacial score (nSPS) is 58.2. The van der Waals surface area contributed by atoms with Crippen molar-refractivity contribution >= 4 is 0 Å². The molecule has 1 heterocycles. The van der Waals surface area contributed by atoms with Crippen LogP contribution in [0, 0.1) is 86.8 Å². The van der Waals surface area contributed by atoms with Crippen molar-refractivity contribution in [2.45, 2.75) is 51.0 Å². The molecule has 0 amide bonds. The molecule has 2 heteroatoms. The summed E-state index contributed by atoms with van der Waals surface area (Å²) in [5, 5.41) is 0. The highest BCUT2D eigenvalue weighted by molar-refractivity contribution is 5.97. The number of methoxy groups -OCH3 is 1. The van der Waals surface area contributed by atoms with E-state index in [-0.39, 0.29) is 10.8 Å². The summed E-state index contributed by atoms with van der Waals surface area (Å²) in [5.41, 5.74) is 28.6. The van der Waals surface area contributed by atoms with E-state index in [1.807, 2.05) is 62.8 Å². The van der Waals surface area contributed by atoms with E-state index in [9.17, 15) is 0 Å².